The molecule has 0 spiro atoms. The van der Waals surface area contributed by atoms with Gasteiger partial charge < -0.3 is 10.6 Å². The molecule has 0 radical (unpaired) electrons. The van der Waals surface area contributed by atoms with Gasteiger partial charge in [0.2, 0.25) is 5.91 Å². The summed E-state index contributed by atoms with van der Waals surface area (Å²) in [4.78, 5) is 14.4. The van der Waals surface area contributed by atoms with Crippen LogP contribution in [0, 0.1) is 5.92 Å². The van der Waals surface area contributed by atoms with Gasteiger partial charge in [0.15, 0.2) is 0 Å². The van der Waals surface area contributed by atoms with Crippen molar-refractivity contribution in [3.05, 3.63) is 12.2 Å². The van der Waals surface area contributed by atoms with Gasteiger partial charge >= 0.3 is 0 Å². The molecule has 1 saturated heterocycles. The van der Waals surface area contributed by atoms with Gasteiger partial charge in [0.25, 0.3) is 0 Å². The Labute approximate surface area is 97.7 Å². The molecule has 3 nitrogen and oxygen atoms in total. The first-order valence-corrected chi connectivity index (χ1v) is 6.39. The molecule has 3 atom stereocenters. The molecule has 0 bridgehead atoms. The van der Waals surface area contributed by atoms with Gasteiger partial charge in [0.05, 0.1) is 0 Å². The van der Waals surface area contributed by atoms with Gasteiger partial charge in [-0.25, -0.2) is 0 Å². The Morgan fingerprint density at radius 3 is 2.81 bits per heavy atom. The lowest BCUT2D eigenvalue weighted by Gasteiger charge is -2.38. The quantitative estimate of drug-likeness (QED) is 0.686. The van der Waals surface area contributed by atoms with E-state index in [2.05, 4.69) is 19.1 Å². The molecule has 2 aliphatic rings. The van der Waals surface area contributed by atoms with Crippen LogP contribution in [0.25, 0.3) is 0 Å². The molecular formula is C13H22N2O. The first-order chi connectivity index (χ1) is 7.68. The van der Waals surface area contributed by atoms with Crippen LogP contribution in [0.5, 0.6) is 0 Å². The zero-order valence-corrected chi connectivity index (χ0v) is 10.1. The lowest BCUT2D eigenvalue weighted by molar-refractivity contribution is -0.139. The predicted molar refractivity (Wildman–Crippen MR) is 64.9 cm³/mol. The first-order valence-electron chi connectivity index (χ1n) is 6.39. The maximum absolute atomic E-state index is 12.3. The molecule has 90 valence electrons. The Kier molecular flexibility index (Phi) is 3.64. The van der Waals surface area contributed by atoms with E-state index in [4.69, 9.17) is 5.73 Å². The van der Waals surface area contributed by atoms with Crippen LogP contribution in [0.4, 0.5) is 0 Å². The van der Waals surface area contributed by atoms with Crippen LogP contribution in [-0.4, -0.2) is 29.4 Å². The SMILES string of the molecule is CC1CC(N)CCN1C(=O)C1CC=CCC1. The minimum Gasteiger partial charge on any atom is -0.340 e. The predicted octanol–water partition coefficient (Wildman–Crippen LogP) is 1.68. The van der Waals surface area contributed by atoms with E-state index < -0.39 is 0 Å². The Hall–Kier alpha value is -0.830. The summed E-state index contributed by atoms with van der Waals surface area (Å²) in [6.45, 7) is 2.97. The van der Waals surface area contributed by atoms with Crippen LogP contribution < -0.4 is 5.73 Å². The van der Waals surface area contributed by atoms with Crippen molar-refractivity contribution >= 4 is 5.91 Å². The highest BCUT2D eigenvalue weighted by atomic mass is 16.2. The summed E-state index contributed by atoms with van der Waals surface area (Å²) >= 11 is 0. The summed E-state index contributed by atoms with van der Waals surface area (Å²) in [5.41, 5.74) is 5.92. The fourth-order valence-corrected chi connectivity index (χ4v) is 2.79. The molecule has 1 fully saturated rings. The van der Waals surface area contributed by atoms with Crippen LogP contribution >= 0.6 is 0 Å². The molecule has 1 heterocycles. The van der Waals surface area contributed by atoms with Crippen molar-refractivity contribution in [1.29, 1.82) is 0 Å². The summed E-state index contributed by atoms with van der Waals surface area (Å²) in [7, 11) is 0. The number of carbonyl (C=O) groups is 1. The highest BCUT2D eigenvalue weighted by Crippen LogP contribution is 2.24. The summed E-state index contributed by atoms with van der Waals surface area (Å²) in [5, 5.41) is 0. The van der Waals surface area contributed by atoms with Gasteiger partial charge in [-0.2, -0.15) is 0 Å². The molecule has 0 saturated carbocycles. The van der Waals surface area contributed by atoms with Gasteiger partial charge in [0, 0.05) is 24.5 Å². The second-order valence-electron chi connectivity index (χ2n) is 5.15. The van der Waals surface area contributed by atoms with Crippen LogP contribution in [0.2, 0.25) is 0 Å². The third kappa shape index (κ3) is 2.46. The number of likely N-dealkylation sites (tertiary alicyclic amines) is 1. The van der Waals surface area contributed by atoms with Crippen molar-refractivity contribution in [2.75, 3.05) is 6.54 Å². The lowest BCUT2D eigenvalue weighted by atomic mass is 9.90. The fraction of sp³-hybridized carbons (Fsp3) is 0.769. The smallest absolute Gasteiger partial charge is 0.226 e. The molecular weight excluding hydrogens is 200 g/mol. The Bertz CT molecular complexity index is 288. The van der Waals surface area contributed by atoms with E-state index in [9.17, 15) is 4.79 Å². The molecule has 16 heavy (non-hydrogen) atoms. The van der Waals surface area contributed by atoms with Crippen molar-refractivity contribution in [2.45, 2.75) is 51.1 Å². The zero-order valence-electron chi connectivity index (χ0n) is 10.1. The van der Waals surface area contributed by atoms with Crippen LogP contribution in [0.15, 0.2) is 12.2 Å². The molecule has 1 aliphatic heterocycles. The van der Waals surface area contributed by atoms with E-state index in [-0.39, 0.29) is 12.0 Å². The van der Waals surface area contributed by atoms with Crippen molar-refractivity contribution in [2.24, 2.45) is 11.7 Å². The van der Waals surface area contributed by atoms with E-state index >= 15 is 0 Å². The molecule has 0 aromatic rings. The Morgan fingerprint density at radius 1 is 1.38 bits per heavy atom. The van der Waals surface area contributed by atoms with E-state index in [1.807, 2.05) is 4.90 Å². The summed E-state index contributed by atoms with van der Waals surface area (Å²) in [6, 6.07) is 0.604. The van der Waals surface area contributed by atoms with E-state index in [0.29, 0.717) is 11.9 Å². The Balaban J connectivity index is 1.96. The van der Waals surface area contributed by atoms with Crippen molar-refractivity contribution in [3.63, 3.8) is 0 Å². The van der Waals surface area contributed by atoms with Crippen LogP contribution in [0.1, 0.15) is 39.0 Å². The standard InChI is InChI=1S/C13H22N2O/c1-10-9-12(14)7-8-15(10)13(16)11-5-3-2-4-6-11/h2-3,10-12H,4-9,14H2,1H3. The number of rotatable bonds is 1. The average Bonchev–Trinajstić information content (AvgIpc) is 2.29. The minimum atomic E-state index is 0.224. The number of hydrogen-bond acceptors (Lipinski definition) is 2. The Morgan fingerprint density at radius 2 is 2.19 bits per heavy atom. The monoisotopic (exact) mass is 222 g/mol. The second-order valence-corrected chi connectivity index (χ2v) is 5.15. The number of hydrogen-bond donors (Lipinski definition) is 1. The highest BCUT2D eigenvalue weighted by molar-refractivity contribution is 5.79. The molecule has 0 aromatic carbocycles. The summed E-state index contributed by atoms with van der Waals surface area (Å²) in [6.07, 6.45) is 9.23. The van der Waals surface area contributed by atoms with E-state index in [1.165, 1.54) is 0 Å². The van der Waals surface area contributed by atoms with Gasteiger partial charge in [-0.1, -0.05) is 12.2 Å². The maximum atomic E-state index is 12.3. The zero-order chi connectivity index (χ0) is 11.5. The number of nitrogens with two attached hydrogens (primary N) is 1. The molecule has 2 N–H and O–H groups in total. The largest absolute Gasteiger partial charge is 0.340 e. The fourth-order valence-electron chi connectivity index (χ4n) is 2.79. The number of amides is 1. The first kappa shape index (κ1) is 11.6. The third-order valence-electron chi connectivity index (χ3n) is 3.82. The molecule has 1 aliphatic carbocycles. The van der Waals surface area contributed by atoms with Crippen LogP contribution in [-0.2, 0) is 4.79 Å². The molecule has 1 amide bonds. The topological polar surface area (TPSA) is 46.3 Å². The minimum absolute atomic E-state index is 0.224. The molecule has 0 aromatic heterocycles. The molecule has 3 heteroatoms. The summed E-state index contributed by atoms with van der Waals surface area (Å²) in [5.74, 6) is 0.575. The van der Waals surface area contributed by atoms with Gasteiger partial charge in [-0.05, 0) is 39.0 Å². The average molecular weight is 222 g/mol. The number of carbonyl (C=O) groups excluding carboxylic acids is 1. The van der Waals surface area contributed by atoms with Crippen molar-refractivity contribution in [1.82, 2.24) is 4.90 Å². The molecule has 3 unspecified atom stereocenters. The van der Waals surface area contributed by atoms with Gasteiger partial charge in [0.1, 0.15) is 0 Å². The van der Waals surface area contributed by atoms with Crippen molar-refractivity contribution < 1.29 is 4.79 Å². The second kappa shape index (κ2) is 5.00. The third-order valence-corrected chi connectivity index (χ3v) is 3.82. The van der Waals surface area contributed by atoms with E-state index in [1.54, 1.807) is 0 Å². The summed E-state index contributed by atoms with van der Waals surface area (Å²) < 4.78 is 0. The molecule has 2 rings (SSSR count). The number of piperidine rings is 1. The highest BCUT2D eigenvalue weighted by Gasteiger charge is 2.31. The maximum Gasteiger partial charge on any atom is 0.226 e. The normalized spacial score (nSPS) is 35.1. The van der Waals surface area contributed by atoms with Crippen molar-refractivity contribution in [3.8, 4) is 0 Å². The van der Waals surface area contributed by atoms with Gasteiger partial charge in [-0.3, -0.25) is 4.79 Å². The van der Waals surface area contributed by atoms with Gasteiger partial charge in [-0.15, -0.1) is 0 Å². The lowest BCUT2D eigenvalue weighted by Crippen LogP contribution is -2.50. The van der Waals surface area contributed by atoms with E-state index in [0.717, 1.165) is 38.6 Å². The number of allylic oxidation sites excluding steroid dienone is 2. The van der Waals surface area contributed by atoms with Crippen LogP contribution in [0.3, 0.4) is 0 Å². The number of nitrogens with zero attached hydrogens (tertiary/aromatic N) is 1.